The van der Waals surface area contributed by atoms with E-state index in [1.54, 1.807) is 12.1 Å². The van der Waals surface area contributed by atoms with Crippen molar-refractivity contribution in [3.05, 3.63) is 90.0 Å². The van der Waals surface area contributed by atoms with Gasteiger partial charge < -0.3 is 10.0 Å². The first-order valence-corrected chi connectivity index (χ1v) is 7.80. The Kier molecular flexibility index (Phi) is 4.91. The summed E-state index contributed by atoms with van der Waals surface area (Å²) in [5, 5.41) is 18.4. The van der Waals surface area contributed by atoms with E-state index in [2.05, 4.69) is 48.6 Å². The van der Waals surface area contributed by atoms with Crippen LogP contribution in [0.15, 0.2) is 78.9 Å². The fourth-order valence-electron chi connectivity index (χ4n) is 2.74. The van der Waals surface area contributed by atoms with E-state index < -0.39 is 7.12 Å². The summed E-state index contributed by atoms with van der Waals surface area (Å²) in [5.41, 5.74) is 5.42. The second kappa shape index (κ2) is 7.27. The first kappa shape index (κ1) is 15.5. The van der Waals surface area contributed by atoms with E-state index >= 15 is 0 Å². The molecule has 114 valence electrons. The van der Waals surface area contributed by atoms with Crippen molar-refractivity contribution in [3.8, 4) is 0 Å². The SMILES string of the molecule is OB(O)c1ccc(/C2=C/C/C(c3ccccc3)=C\C=C/C2)cc1. The summed E-state index contributed by atoms with van der Waals surface area (Å²) >= 11 is 0. The van der Waals surface area contributed by atoms with Gasteiger partial charge in [-0.2, -0.15) is 0 Å². The van der Waals surface area contributed by atoms with Crippen molar-refractivity contribution in [2.45, 2.75) is 12.8 Å². The molecular weight excluding hydrogens is 283 g/mol. The van der Waals surface area contributed by atoms with Crippen molar-refractivity contribution in [3.63, 3.8) is 0 Å². The van der Waals surface area contributed by atoms with Crippen LogP contribution in [0.5, 0.6) is 0 Å². The Labute approximate surface area is 137 Å². The van der Waals surface area contributed by atoms with Crippen molar-refractivity contribution in [1.29, 1.82) is 0 Å². The van der Waals surface area contributed by atoms with Crippen LogP contribution in [-0.4, -0.2) is 17.2 Å². The summed E-state index contributed by atoms with van der Waals surface area (Å²) in [6.07, 6.45) is 10.5. The maximum atomic E-state index is 9.19. The minimum absolute atomic E-state index is 0.514. The van der Waals surface area contributed by atoms with Crippen molar-refractivity contribution in [2.24, 2.45) is 0 Å². The molecule has 3 rings (SSSR count). The van der Waals surface area contributed by atoms with E-state index in [-0.39, 0.29) is 0 Å². The molecule has 0 saturated heterocycles. The van der Waals surface area contributed by atoms with Crippen LogP contribution >= 0.6 is 0 Å². The van der Waals surface area contributed by atoms with Gasteiger partial charge in [-0.1, -0.05) is 78.9 Å². The Hall–Kier alpha value is -2.36. The van der Waals surface area contributed by atoms with Crippen LogP contribution in [0.2, 0.25) is 0 Å². The predicted molar refractivity (Wildman–Crippen MR) is 97.0 cm³/mol. The van der Waals surface area contributed by atoms with Gasteiger partial charge in [0, 0.05) is 0 Å². The van der Waals surface area contributed by atoms with Gasteiger partial charge in [0.25, 0.3) is 0 Å². The van der Waals surface area contributed by atoms with Crippen LogP contribution in [-0.2, 0) is 0 Å². The lowest BCUT2D eigenvalue weighted by molar-refractivity contribution is 0.426. The maximum Gasteiger partial charge on any atom is 0.488 e. The summed E-state index contributed by atoms with van der Waals surface area (Å²) in [5.74, 6) is 0. The Morgan fingerprint density at radius 3 is 2.13 bits per heavy atom. The summed E-state index contributed by atoms with van der Waals surface area (Å²) in [4.78, 5) is 0. The third kappa shape index (κ3) is 3.89. The fraction of sp³-hybridized carbons (Fsp3) is 0.100. The molecule has 0 aliphatic heterocycles. The van der Waals surface area contributed by atoms with Crippen LogP contribution in [0.1, 0.15) is 24.0 Å². The molecule has 0 spiro atoms. The zero-order chi connectivity index (χ0) is 16.1. The third-order valence-electron chi connectivity index (χ3n) is 4.06. The first-order chi connectivity index (χ1) is 11.2. The van der Waals surface area contributed by atoms with Crippen LogP contribution < -0.4 is 5.46 Å². The molecule has 23 heavy (non-hydrogen) atoms. The monoisotopic (exact) mass is 302 g/mol. The summed E-state index contributed by atoms with van der Waals surface area (Å²) in [7, 11) is -1.41. The molecular formula is C20H19BO2. The third-order valence-corrected chi connectivity index (χ3v) is 4.06. The highest BCUT2D eigenvalue weighted by Crippen LogP contribution is 2.26. The summed E-state index contributed by atoms with van der Waals surface area (Å²) < 4.78 is 0. The van der Waals surface area contributed by atoms with Gasteiger partial charge >= 0.3 is 7.12 Å². The largest absolute Gasteiger partial charge is 0.488 e. The normalized spacial score (nSPS) is 20.4. The Bertz CT molecular complexity index is 741. The molecule has 0 saturated carbocycles. The van der Waals surface area contributed by atoms with Crippen LogP contribution in [0.25, 0.3) is 11.1 Å². The van der Waals surface area contributed by atoms with E-state index in [0.717, 1.165) is 18.4 Å². The second-order valence-corrected chi connectivity index (χ2v) is 5.62. The highest BCUT2D eigenvalue weighted by molar-refractivity contribution is 6.58. The van der Waals surface area contributed by atoms with Crippen LogP contribution in [0.3, 0.4) is 0 Å². The molecule has 2 aromatic carbocycles. The lowest BCUT2D eigenvalue weighted by atomic mass is 9.79. The van der Waals surface area contributed by atoms with E-state index in [1.807, 2.05) is 18.2 Å². The van der Waals surface area contributed by atoms with E-state index in [9.17, 15) is 10.0 Å². The molecule has 0 amide bonds. The van der Waals surface area contributed by atoms with E-state index in [1.165, 1.54) is 16.7 Å². The number of hydrogen-bond donors (Lipinski definition) is 2. The van der Waals surface area contributed by atoms with Gasteiger partial charge in [-0.25, -0.2) is 0 Å². The molecule has 0 radical (unpaired) electrons. The van der Waals surface area contributed by atoms with Crippen LogP contribution in [0, 0.1) is 0 Å². The number of allylic oxidation sites excluding steroid dienone is 6. The number of benzene rings is 2. The van der Waals surface area contributed by atoms with Gasteiger partial charge in [-0.15, -0.1) is 0 Å². The Balaban J connectivity index is 1.85. The van der Waals surface area contributed by atoms with Crippen molar-refractivity contribution >= 4 is 23.7 Å². The molecule has 0 aromatic heterocycles. The highest BCUT2D eigenvalue weighted by Gasteiger charge is 2.11. The average molecular weight is 302 g/mol. The quantitative estimate of drug-likeness (QED) is 0.855. The standard InChI is InChI=1S/C20H19BO2/c22-21(23)20-14-12-19(13-15-20)18-9-5-4-8-17(10-11-18)16-6-2-1-3-7-16/h1-8,11-15,22-23H,9-10H2/b5-4-,17-8+,18-11+. The zero-order valence-electron chi connectivity index (χ0n) is 12.9. The van der Waals surface area contributed by atoms with Gasteiger partial charge in [-0.05, 0) is 40.6 Å². The molecule has 0 unspecified atom stereocenters. The minimum Gasteiger partial charge on any atom is -0.423 e. The lowest BCUT2D eigenvalue weighted by Gasteiger charge is -2.11. The van der Waals surface area contributed by atoms with Crippen molar-refractivity contribution in [1.82, 2.24) is 0 Å². The topological polar surface area (TPSA) is 40.5 Å². The van der Waals surface area contributed by atoms with Crippen molar-refractivity contribution < 1.29 is 10.0 Å². The molecule has 1 aliphatic carbocycles. The fourth-order valence-corrected chi connectivity index (χ4v) is 2.74. The molecule has 0 heterocycles. The molecule has 0 atom stereocenters. The lowest BCUT2D eigenvalue weighted by Crippen LogP contribution is -2.29. The van der Waals surface area contributed by atoms with Gasteiger partial charge in [0.15, 0.2) is 0 Å². The van der Waals surface area contributed by atoms with Gasteiger partial charge in [0.2, 0.25) is 0 Å². The molecule has 2 aromatic rings. The molecule has 1 aliphatic rings. The molecule has 0 fully saturated rings. The van der Waals surface area contributed by atoms with Crippen LogP contribution in [0.4, 0.5) is 0 Å². The predicted octanol–water partition coefficient (Wildman–Crippen LogP) is 3.18. The molecule has 0 bridgehead atoms. The smallest absolute Gasteiger partial charge is 0.423 e. The Morgan fingerprint density at radius 1 is 0.739 bits per heavy atom. The average Bonchev–Trinajstić information content (AvgIpc) is 2.56. The molecule has 2 N–H and O–H groups in total. The van der Waals surface area contributed by atoms with Gasteiger partial charge in [0.1, 0.15) is 0 Å². The second-order valence-electron chi connectivity index (χ2n) is 5.62. The first-order valence-electron chi connectivity index (χ1n) is 7.80. The highest BCUT2D eigenvalue weighted by atomic mass is 16.4. The maximum absolute atomic E-state index is 9.19. The van der Waals surface area contributed by atoms with E-state index in [4.69, 9.17) is 0 Å². The number of rotatable bonds is 3. The summed E-state index contributed by atoms with van der Waals surface area (Å²) in [6, 6.07) is 17.8. The van der Waals surface area contributed by atoms with Crippen molar-refractivity contribution in [2.75, 3.05) is 0 Å². The number of hydrogen-bond acceptors (Lipinski definition) is 2. The summed E-state index contributed by atoms with van der Waals surface area (Å²) in [6.45, 7) is 0. The van der Waals surface area contributed by atoms with Gasteiger partial charge in [0.05, 0.1) is 0 Å². The zero-order valence-corrected chi connectivity index (χ0v) is 12.9. The minimum atomic E-state index is -1.41. The van der Waals surface area contributed by atoms with E-state index in [0.29, 0.717) is 5.46 Å². The molecule has 2 nitrogen and oxygen atoms in total. The Morgan fingerprint density at radius 2 is 1.43 bits per heavy atom. The van der Waals surface area contributed by atoms with Gasteiger partial charge in [-0.3, -0.25) is 0 Å². The molecule has 3 heteroatoms.